The third-order valence-electron chi connectivity index (χ3n) is 5.59. The molecule has 1 aliphatic rings. The number of hydrogen-bond acceptors (Lipinski definition) is 4. The van der Waals surface area contributed by atoms with Crippen molar-refractivity contribution in [2.75, 3.05) is 18.4 Å². The maximum atomic E-state index is 13.2. The van der Waals surface area contributed by atoms with Crippen LogP contribution in [0.15, 0.2) is 47.4 Å². The normalized spacial score (nSPS) is 17.0. The third-order valence-corrected chi connectivity index (χ3v) is 7.56. The number of rotatable bonds is 6. The van der Waals surface area contributed by atoms with Gasteiger partial charge in [0.2, 0.25) is 10.0 Å². The van der Waals surface area contributed by atoms with Crippen LogP contribution in [0.3, 0.4) is 0 Å². The minimum Gasteiger partial charge on any atom is -0.348 e. The maximum absolute atomic E-state index is 13.2. The Morgan fingerprint density at radius 1 is 1.06 bits per heavy atom. The summed E-state index contributed by atoms with van der Waals surface area (Å²) >= 11 is 0. The lowest BCUT2D eigenvalue weighted by Crippen LogP contribution is -2.45. The van der Waals surface area contributed by atoms with Crippen molar-refractivity contribution in [3.05, 3.63) is 59.4 Å². The van der Waals surface area contributed by atoms with E-state index in [-0.39, 0.29) is 17.5 Å². The number of amides is 2. The highest BCUT2D eigenvalue weighted by Crippen LogP contribution is 2.27. The Hall–Kier alpha value is -2.78. The molecule has 0 radical (unpaired) electrons. The summed E-state index contributed by atoms with van der Waals surface area (Å²) in [4.78, 5) is 24.5. The van der Waals surface area contributed by atoms with Crippen LogP contribution in [0.25, 0.3) is 0 Å². The van der Waals surface area contributed by atoms with E-state index in [0.29, 0.717) is 25.1 Å². The van der Waals surface area contributed by atoms with Crippen molar-refractivity contribution in [1.82, 2.24) is 9.62 Å². The van der Waals surface area contributed by atoms with Gasteiger partial charge in [0.15, 0.2) is 0 Å². The standard InChI is InChI=1S/C23H28FN3O4S/c1-16-6-11-21(17(2)15-16)26-23(29)22(28)25-13-12-19-5-3-4-14-27(19)32(30,31)20-9-7-18(24)8-10-20/h6-11,15,19H,3-5,12-14H2,1-2H3,(H,25,28)(H,26,29)/t19-/m1/s1. The minimum absolute atomic E-state index is 0.0441. The summed E-state index contributed by atoms with van der Waals surface area (Å²) in [6.07, 6.45) is 2.65. The first-order valence-corrected chi connectivity index (χ1v) is 12.1. The van der Waals surface area contributed by atoms with Crippen LogP contribution in [0.2, 0.25) is 0 Å². The third kappa shape index (κ3) is 5.72. The Morgan fingerprint density at radius 2 is 1.78 bits per heavy atom. The molecule has 1 atom stereocenters. The lowest BCUT2D eigenvalue weighted by Gasteiger charge is -2.34. The molecule has 9 heteroatoms. The Balaban J connectivity index is 1.58. The monoisotopic (exact) mass is 461 g/mol. The fourth-order valence-electron chi connectivity index (χ4n) is 3.89. The number of hydrogen-bond donors (Lipinski definition) is 2. The summed E-state index contributed by atoms with van der Waals surface area (Å²) in [5.74, 6) is -2.04. The van der Waals surface area contributed by atoms with Crippen LogP contribution in [-0.2, 0) is 19.6 Å². The summed E-state index contributed by atoms with van der Waals surface area (Å²) < 4.78 is 40.7. The fraction of sp³-hybridized carbons (Fsp3) is 0.391. The van der Waals surface area contributed by atoms with E-state index >= 15 is 0 Å². The summed E-state index contributed by atoms with van der Waals surface area (Å²) in [7, 11) is -3.77. The molecule has 2 N–H and O–H groups in total. The van der Waals surface area contributed by atoms with E-state index in [0.717, 1.165) is 36.1 Å². The second kappa shape index (κ2) is 10.2. The SMILES string of the molecule is Cc1ccc(NC(=O)C(=O)NCC[C@H]2CCCCN2S(=O)(=O)c2ccc(F)cc2)c(C)c1. The molecule has 1 saturated heterocycles. The van der Waals surface area contributed by atoms with Gasteiger partial charge in [-0.25, -0.2) is 12.8 Å². The summed E-state index contributed by atoms with van der Waals surface area (Å²) in [5.41, 5.74) is 2.48. The van der Waals surface area contributed by atoms with Crippen molar-refractivity contribution in [2.24, 2.45) is 0 Å². The van der Waals surface area contributed by atoms with Gasteiger partial charge >= 0.3 is 11.8 Å². The van der Waals surface area contributed by atoms with Crippen molar-refractivity contribution in [1.29, 1.82) is 0 Å². The van der Waals surface area contributed by atoms with Gasteiger partial charge in [0.25, 0.3) is 0 Å². The molecule has 172 valence electrons. The van der Waals surface area contributed by atoms with E-state index in [9.17, 15) is 22.4 Å². The molecule has 7 nitrogen and oxygen atoms in total. The lowest BCUT2D eigenvalue weighted by molar-refractivity contribution is -0.136. The molecule has 2 aromatic rings. The fourth-order valence-corrected chi connectivity index (χ4v) is 5.61. The molecule has 32 heavy (non-hydrogen) atoms. The molecule has 1 fully saturated rings. The average Bonchev–Trinajstić information content (AvgIpc) is 2.76. The number of carbonyl (C=O) groups is 2. The van der Waals surface area contributed by atoms with E-state index in [1.807, 2.05) is 26.0 Å². The van der Waals surface area contributed by atoms with E-state index in [1.165, 1.54) is 16.4 Å². The number of anilines is 1. The molecule has 0 saturated carbocycles. The number of carbonyl (C=O) groups excluding carboxylic acids is 2. The van der Waals surface area contributed by atoms with Crippen LogP contribution in [0.5, 0.6) is 0 Å². The Kier molecular flexibility index (Phi) is 7.63. The maximum Gasteiger partial charge on any atom is 0.313 e. The lowest BCUT2D eigenvalue weighted by atomic mass is 10.0. The highest BCUT2D eigenvalue weighted by atomic mass is 32.2. The summed E-state index contributed by atoms with van der Waals surface area (Å²) in [5, 5.41) is 5.17. The van der Waals surface area contributed by atoms with Gasteiger partial charge in [0.05, 0.1) is 4.90 Å². The average molecular weight is 462 g/mol. The van der Waals surface area contributed by atoms with Crippen molar-refractivity contribution < 1.29 is 22.4 Å². The number of nitrogens with one attached hydrogen (secondary N) is 2. The molecule has 0 spiro atoms. The number of nitrogens with zero attached hydrogens (tertiary/aromatic N) is 1. The van der Waals surface area contributed by atoms with Crippen molar-refractivity contribution in [3.63, 3.8) is 0 Å². The number of halogens is 1. The van der Waals surface area contributed by atoms with Gasteiger partial charge in [0, 0.05) is 24.8 Å². The first kappa shape index (κ1) is 23.9. The second-order valence-electron chi connectivity index (χ2n) is 8.04. The summed E-state index contributed by atoms with van der Waals surface area (Å²) in [6.45, 7) is 4.32. The van der Waals surface area contributed by atoms with E-state index in [4.69, 9.17) is 0 Å². The van der Waals surface area contributed by atoms with Gasteiger partial charge in [-0.3, -0.25) is 9.59 Å². The topological polar surface area (TPSA) is 95.6 Å². The zero-order valence-corrected chi connectivity index (χ0v) is 19.0. The van der Waals surface area contributed by atoms with Crippen LogP contribution in [0.1, 0.15) is 36.8 Å². The van der Waals surface area contributed by atoms with E-state index in [2.05, 4.69) is 10.6 Å². The van der Waals surface area contributed by atoms with E-state index < -0.39 is 27.7 Å². The molecule has 2 aromatic carbocycles. The predicted octanol–water partition coefficient (Wildman–Crippen LogP) is 3.13. The number of sulfonamides is 1. The first-order chi connectivity index (χ1) is 15.2. The molecule has 0 aromatic heterocycles. The van der Waals surface area contributed by atoms with Crippen molar-refractivity contribution >= 4 is 27.5 Å². The van der Waals surface area contributed by atoms with Crippen LogP contribution < -0.4 is 10.6 Å². The highest BCUT2D eigenvalue weighted by molar-refractivity contribution is 7.89. The molecular formula is C23H28FN3O4S. The van der Waals surface area contributed by atoms with Crippen LogP contribution >= 0.6 is 0 Å². The zero-order chi connectivity index (χ0) is 23.3. The second-order valence-corrected chi connectivity index (χ2v) is 9.93. The van der Waals surface area contributed by atoms with Gasteiger partial charge in [-0.15, -0.1) is 0 Å². The molecule has 3 rings (SSSR count). The quantitative estimate of drug-likeness (QED) is 0.646. The Morgan fingerprint density at radius 3 is 2.47 bits per heavy atom. The highest BCUT2D eigenvalue weighted by Gasteiger charge is 2.33. The van der Waals surface area contributed by atoms with E-state index in [1.54, 1.807) is 6.07 Å². The number of benzene rings is 2. The molecule has 0 unspecified atom stereocenters. The van der Waals surface area contributed by atoms with Crippen molar-refractivity contribution in [2.45, 2.75) is 50.5 Å². The molecule has 1 heterocycles. The minimum atomic E-state index is -3.77. The van der Waals surface area contributed by atoms with Gasteiger partial charge < -0.3 is 10.6 Å². The first-order valence-electron chi connectivity index (χ1n) is 10.6. The molecule has 1 aliphatic heterocycles. The van der Waals surface area contributed by atoms with Gasteiger partial charge in [-0.1, -0.05) is 24.1 Å². The Bertz CT molecular complexity index is 1090. The van der Waals surface area contributed by atoms with Crippen molar-refractivity contribution in [3.8, 4) is 0 Å². The van der Waals surface area contributed by atoms with Crippen LogP contribution in [0, 0.1) is 19.7 Å². The predicted molar refractivity (Wildman–Crippen MR) is 120 cm³/mol. The summed E-state index contributed by atoms with van der Waals surface area (Å²) in [6, 6.07) is 9.97. The molecule has 0 aliphatic carbocycles. The largest absolute Gasteiger partial charge is 0.348 e. The number of aryl methyl sites for hydroxylation is 2. The zero-order valence-electron chi connectivity index (χ0n) is 18.2. The molecule has 0 bridgehead atoms. The van der Waals surface area contributed by atoms with Crippen LogP contribution in [-0.4, -0.2) is 43.7 Å². The van der Waals surface area contributed by atoms with Gasteiger partial charge in [0.1, 0.15) is 5.82 Å². The Labute approximate surface area is 188 Å². The number of piperidine rings is 1. The molecule has 2 amide bonds. The van der Waals surface area contributed by atoms with Gasteiger partial charge in [-0.05, 0) is 69.0 Å². The van der Waals surface area contributed by atoms with Gasteiger partial charge in [-0.2, -0.15) is 4.31 Å². The molecular weight excluding hydrogens is 433 g/mol. The smallest absolute Gasteiger partial charge is 0.313 e. The van der Waals surface area contributed by atoms with Crippen LogP contribution in [0.4, 0.5) is 10.1 Å².